The predicted octanol–water partition coefficient (Wildman–Crippen LogP) is 2.14. The number of H-pyrrole nitrogens is 1. The smallest absolute Gasteiger partial charge is 0.325 e. The van der Waals surface area contributed by atoms with Crippen LogP contribution in [-0.4, -0.2) is 65.0 Å². The summed E-state index contributed by atoms with van der Waals surface area (Å²) in [6.07, 6.45) is 1.77. The lowest BCUT2D eigenvalue weighted by atomic mass is 10.0. The zero-order chi connectivity index (χ0) is 18.8. The lowest BCUT2D eigenvalue weighted by molar-refractivity contribution is -0.144. The van der Waals surface area contributed by atoms with Crippen molar-refractivity contribution < 1.29 is 14.7 Å². The number of carbonyl (C=O) groups excluding carboxylic acids is 1. The summed E-state index contributed by atoms with van der Waals surface area (Å²) in [5.74, 6) is -1.03. The molecule has 1 amide bonds. The van der Waals surface area contributed by atoms with E-state index in [2.05, 4.69) is 15.2 Å². The van der Waals surface area contributed by atoms with Gasteiger partial charge in [0.15, 0.2) is 0 Å². The zero-order valence-corrected chi connectivity index (χ0v) is 15.5. The number of aromatic nitrogens is 1. The van der Waals surface area contributed by atoms with Crippen molar-refractivity contribution in [2.45, 2.75) is 19.9 Å². The molecule has 1 saturated heterocycles. The number of likely N-dealkylation sites (N-methyl/N-ethyl adjacent to an activating group) is 1. The van der Waals surface area contributed by atoms with Gasteiger partial charge in [-0.1, -0.05) is 13.8 Å². The Kier molecular flexibility index (Phi) is 5.29. The summed E-state index contributed by atoms with van der Waals surface area (Å²) in [4.78, 5) is 31.4. The number of hydrogen-bond acceptors (Lipinski definition) is 4. The van der Waals surface area contributed by atoms with Crippen molar-refractivity contribution in [1.29, 1.82) is 0 Å². The summed E-state index contributed by atoms with van der Waals surface area (Å²) in [6.45, 7) is 6.80. The molecule has 0 saturated carbocycles. The fourth-order valence-corrected chi connectivity index (χ4v) is 3.30. The topological polar surface area (TPSA) is 88.7 Å². The molecule has 0 aliphatic carbocycles. The van der Waals surface area contributed by atoms with Crippen LogP contribution in [0.1, 0.15) is 25.5 Å². The number of aliphatic carboxylic acids is 1. The Morgan fingerprint density at radius 2 is 1.88 bits per heavy atom. The maximum Gasteiger partial charge on any atom is 0.325 e. The Balaban J connectivity index is 1.94. The van der Waals surface area contributed by atoms with E-state index in [0.29, 0.717) is 18.8 Å². The average molecular weight is 358 g/mol. The third-order valence-electron chi connectivity index (χ3n) is 4.94. The lowest BCUT2D eigenvalue weighted by Gasteiger charge is -2.36. The van der Waals surface area contributed by atoms with Crippen molar-refractivity contribution in [2.75, 3.05) is 38.5 Å². The number of amides is 1. The summed E-state index contributed by atoms with van der Waals surface area (Å²) in [7, 11) is 2.04. The summed E-state index contributed by atoms with van der Waals surface area (Å²) in [6, 6.07) is 4.85. The van der Waals surface area contributed by atoms with Crippen LogP contribution < -0.4 is 5.32 Å². The van der Waals surface area contributed by atoms with E-state index >= 15 is 0 Å². The highest BCUT2D eigenvalue weighted by atomic mass is 16.4. The van der Waals surface area contributed by atoms with Gasteiger partial charge >= 0.3 is 5.97 Å². The molecule has 1 atom stereocenters. The van der Waals surface area contributed by atoms with E-state index in [-0.39, 0.29) is 11.8 Å². The fraction of sp³-hybridized carbons (Fsp3) is 0.474. The van der Waals surface area contributed by atoms with E-state index in [1.165, 1.54) is 0 Å². The second kappa shape index (κ2) is 7.47. The van der Waals surface area contributed by atoms with Gasteiger partial charge < -0.3 is 20.3 Å². The quantitative estimate of drug-likeness (QED) is 0.762. The molecule has 2 aromatic rings. The third kappa shape index (κ3) is 3.73. The molecule has 1 aromatic carbocycles. The van der Waals surface area contributed by atoms with Crippen LogP contribution in [0.5, 0.6) is 0 Å². The fourth-order valence-electron chi connectivity index (χ4n) is 3.30. The number of nitrogens with zero attached hydrogens (tertiary/aromatic N) is 2. The number of benzene rings is 1. The van der Waals surface area contributed by atoms with E-state index in [4.69, 9.17) is 0 Å². The summed E-state index contributed by atoms with van der Waals surface area (Å²) >= 11 is 0. The number of piperazine rings is 1. The van der Waals surface area contributed by atoms with Gasteiger partial charge in [0.05, 0.1) is 0 Å². The van der Waals surface area contributed by atoms with E-state index < -0.39 is 12.0 Å². The molecule has 7 nitrogen and oxygen atoms in total. The Bertz CT molecular complexity index is 806. The van der Waals surface area contributed by atoms with Gasteiger partial charge in [-0.3, -0.25) is 14.5 Å². The van der Waals surface area contributed by atoms with Crippen LogP contribution in [0.25, 0.3) is 10.9 Å². The molecule has 3 rings (SSSR count). The van der Waals surface area contributed by atoms with Gasteiger partial charge in [0.25, 0.3) is 0 Å². The van der Waals surface area contributed by atoms with Crippen molar-refractivity contribution in [3.63, 3.8) is 0 Å². The van der Waals surface area contributed by atoms with Crippen LogP contribution in [0.3, 0.4) is 0 Å². The molecular formula is C19H26N4O3. The first-order valence-electron chi connectivity index (χ1n) is 8.94. The standard InChI is InChI=1S/C19H26N4O3/c1-12(2)18(24)21-13-4-5-16-14(10-13)15(11-20-16)17(19(25)26)23-8-6-22(3)7-9-23/h4-5,10-12,17,20H,6-9H2,1-3H3,(H,21,24)(H,25,26). The molecule has 7 heteroatoms. The molecule has 1 fully saturated rings. The van der Waals surface area contributed by atoms with Crippen molar-refractivity contribution >= 4 is 28.5 Å². The molecule has 1 aliphatic heterocycles. The van der Waals surface area contributed by atoms with Crippen molar-refractivity contribution in [3.05, 3.63) is 30.0 Å². The number of anilines is 1. The van der Waals surface area contributed by atoms with Crippen LogP contribution >= 0.6 is 0 Å². The first-order valence-corrected chi connectivity index (χ1v) is 8.94. The molecule has 1 aliphatic rings. The molecule has 0 bridgehead atoms. The summed E-state index contributed by atoms with van der Waals surface area (Å²) < 4.78 is 0. The number of aromatic amines is 1. The Labute approximate surface area is 153 Å². The van der Waals surface area contributed by atoms with Gasteiger partial charge in [-0.2, -0.15) is 0 Å². The average Bonchev–Trinajstić information content (AvgIpc) is 2.99. The van der Waals surface area contributed by atoms with Gasteiger partial charge in [0.1, 0.15) is 6.04 Å². The maximum atomic E-state index is 12.0. The van der Waals surface area contributed by atoms with Crippen molar-refractivity contribution in [2.24, 2.45) is 5.92 Å². The van der Waals surface area contributed by atoms with Gasteiger partial charge in [0.2, 0.25) is 5.91 Å². The second-order valence-electron chi connectivity index (χ2n) is 7.23. The zero-order valence-electron chi connectivity index (χ0n) is 15.5. The molecular weight excluding hydrogens is 332 g/mol. The van der Waals surface area contributed by atoms with Gasteiger partial charge in [-0.25, -0.2) is 0 Å². The minimum atomic E-state index is -0.855. The van der Waals surface area contributed by atoms with Crippen LogP contribution in [0.4, 0.5) is 5.69 Å². The van der Waals surface area contributed by atoms with E-state index in [1.807, 2.05) is 44.0 Å². The molecule has 0 spiro atoms. The monoisotopic (exact) mass is 358 g/mol. The normalized spacial score (nSPS) is 17.5. The SMILES string of the molecule is CC(C)C(=O)Nc1ccc2[nH]cc(C(C(=O)O)N3CCN(C)CC3)c2c1. The molecule has 2 heterocycles. The Morgan fingerprint density at radius 3 is 2.50 bits per heavy atom. The molecule has 3 N–H and O–H groups in total. The number of fused-ring (bicyclic) bond motifs is 1. The number of carbonyl (C=O) groups is 2. The van der Waals surface area contributed by atoms with E-state index in [0.717, 1.165) is 29.6 Å². The first-order chi connectivity index (χ1) is 12.4. The van der Waals surface area contributed by atoms with Crippen LogP contribution in [-0.2, 0) is 9.59 Å². The van der Waals surface area contributed by atoms with E-state index in [9.17, 15) is 14.7 Å². The third-order valence-corrected chi connectivity index (χ3v) is 4.94. The Hall–Kier alpha value is -2.38. The van der Waals surface area contributed by atoms with E-state index in [1.54, 1.807) is 6.20 Å². The largest absolute Gasteiger partial charge is 0.480 e. The summed E-state index contributed by atoms with van der Waals surface area (Å²) in [5, 5.41) is 13.6. The number of hydrogen-bond donors (Lipinski definition) is 3. The predicted molar refractivity (Wildman–Crippen MR) is 101 cm³/mol. The minimum absolute atomic E-state index is 0.0599. The maximum absolute atomic E-state index is 12.0. The number of nitrogens with one attached hydrogen (secondary N) is 2. The highest BCUT2D eigenvalue weighted by Crippen LogP contribution is 2.31. The molecule has 26 heavy (non-hydrogen) atoms. The number of rotatable bonds is 5. The molecule has 140 valence electrons. The van der Waals surface area contributed by atoms with Crippen molar-refractivity contribution in [1.82, 2.24) is 14.8 Å². The van der Waals surface area contributed by atoms with Gasteiger partial charge in [-0.05, 0) is 25.2 Å². The molecule has 1 aromatic heterocycles. The van der Waals surface area contributed by atoms with Gasteiger partial charge in [-0.15, -0.1) is 0 Å². The van der Waals surface area contributed by atoms with Crippen LogP contribution in [0.15, 0.2) is 24.4 Å². The molecule has 0 radical (unpaired) electrons. The first kappa shape index (κ1) is 18.4. The number of carboxylic acids is 1. The number of carboxylic acid groups (broad SMARTS) is 1. The summed E-state index contributed by atoms with van der Waals surface area (Å²) in [5.41, 5.74) is 2.28. The Morgan fingerprint density at radius 1 is 1.19 bits per heavy atom. The minimum Gasteiger partial charge on any atom is -0.480 e. The second-order valence-corrected chi connectivity index (χ2v) is 7.23. The lowest BCUT2D eigenvalue weighted by Crippen LogP contribution is -2.47. The highest BCUT2D eigenvalue weighted by Gasteiger charge is 2.31. The van der Waals surface area contributed by atoms with Gasteiger partial charge in [0, 0.05) is 60.4 Å². The van der Waals surface area contributed by atoms with Crippen LogP contribution in [0.2, 0.25) is 0 Å². The molecule has 1 unspecified atom stereocenters. The van der Waals surface area contributed by atoms with Crippen molar-refractivity contribution in [3.8, 4) is 0 Å². The van der Waals surface area contributed by atoms with Crippen LogP contribution in [0, 0.1) is 5.92 Å². The highest BCUT2D eigenvalue weighted by molar-refractivity contribution is 5.96.